The maximum absolute atomic E-state index is 13.4. The number of likely N-dealkylation sites (N-methyl/N-ethyl adjacent to an activating group) is 1. The van der Waals surface area contributed by atoms with E-state index in [1.807, 2.05) is 7.05 Å². The quantitative estimate of drug-likeness (QED) is 0.785. The number of hydrogen-bond donors (Lipinski definition) is 0. The van der Waals surface area contributed by atoms with Gasteiger partial charge < -0.3 is 9.64 Å². The molecule has 1 saturated heterocycles. The van der Waals surface area contributed by atoms with Crippen LogP contribution in [0, 0.1) is 11.7 Å². The molecule has 98 valence electrons. The van der Waals surface area contributed by atoms with E-state index in [0.717, 1.165) is 16.6 Å². The first-order chi connectivity index (χ1) is 8.52. The minimum absolute atomic E-state index is 0.0347. The zero-order valence-corrected chi connectivity index (χ0v) is 11.9. The van der Waals surface area contributed by atoms with Gasteiger partial charge in [-0.25, -0.2) is 4.39 Å². The van der Waals surface area contributed by atoms with Crippen LogP contribution in [-0.2, 0) is 9.53 Å². The number of esters is 1. The predicted octanol–water partition coefficient (Wildman–Crippen LogP) is 2.41. The van der Waals surface area contributed by atoms with Crippen molar-refractivity contribution in [2.75, 3.05) is 27.2 Å². The Morgan fingerprint density at radius 2 is 2.22 bits per heavy atom. The minimum atomic E-state index is -0.286. The van der Waals surface area contributed by atoms with Crippen LogP contribution in [0.15, 0.2) is 22.7 Å². The number of nitrogens with zero attached hydrogens (tertiary/aromatic N) is 1. The second kappa shape index (κ2) is 5.36. The highest BCUT2D eigenvalue weighted by atomic mass is 79.9. The van der Waals surface area contributed by atoms with E-state index in [4.69, 9.17) is 4.74 Å². The summed E-state index contributed by atoms with van der Waals surface area (Å²) in [4.78, 5) is 13.8. The van der Waals surface area contributed by atoms with Crippen LogP contribution in [-0.4, -0.2) is 38.1 Å². The van der Waals surface area contributed by atoms with Gasteiger partial charge in [-0.05, 0) is 30.8 Å². The average molecular weight is 316 g/mol. The zero-order chi connectivity index (χ0) is 13.3. The molecule has 2 atom stereocenters. The van der Waals surface area contributed by atoms with Crippen molar-refractivity contribution in [1.82, 2.24) is 4.90 Å². The van der Waals surface area contributed by atoms with E-state index < -0.39 is 0 Å². The summed E-state index contributed by atoms with van der Waals surface area (Å²) < 4.78 is 19.0. The fourth-order valence-corrected chi connectivity index (χ4v) is 3.05. The van der Waals surface area contributed by atoms with E-state index >= 15 is 0 Å². The third kappa shape index (κ3) is 2.57. The summed E-state index contributed by atoms with van der Waals surface area (Å²) in [7, 11) is 3.33. The fourth-order valence-electron chi connectivity index (χ4n) is 2.50. The largest absolute Gasteiger partial charge is 0.469 e. The summed E-state index contributed by atoms with van der Waals surface area (Å²) in [6.07, 6.45) is 0. The van der Waals surface area contributed by atoms with Crippen LogP contribution in [0.5, 0.6) is 0 Å². The summed E-state index contributed by atoms with van der Waals surface area (Å²) in [5.41, 5.74) is 0.828. The summed E-state index contributed by atoms with van der Waals surface area (Å²) in [5.74, 6) is -0.794. The highest BCUT2D eigenvalue weighted by Gasteiger charge is 2.38. The van der Waals surface area contributed by atoms with Crippen molar-refractivity contribution in [2.24, 2.45) is 5.92 Å². The van der Waals surface area contributed by atoms with Gasteiger partial charge in [-0.1, -0.05) is 15.9 Å². The van der Waals surface area contributed by atoms with E-state index in [1.54, 1.807) is 6.07 Å². The lowest BCUT2D eigenvalue weighted by Crippen LogP contribution is -2.23. The maximum Gasteiger partial charge on any atom is 0.310 e. The number of likely N-dealkylation sites (tertiary alicyclic amines) is 1. The molecule has 1 heterocycles. The lowest BCUT2D eigenvalue weighted by Gasteiger charge is -2.18. The molecule has 0 radical (unpaired) electrons. The van der Waals surface area contributed by atoms with Crippen LogP contribution < -0.4 is 0 Å². The maximum atomic E-state index is 13.4. The molecule has 1 aromatic carbocycles. The summed E-state index contributed by atoms with van der Waals surface area (Å²) >= 11 is 3.42. The van der Waals surface area contributed by atoms with E-state index in [-0.39, 0.29) is 23.6 Å². The Labute approximate surface area is 114 Å². The van der Waals surface area contributed by atoms with Crippen LogP contribution in [0.4, 0.5) is 4.39 Å². The third-order valence-corrected chi connectivity index (χ3v) is 4.09. The van der Waals surface area contributed by atoms with Crippen molar-refractivity contribution in [2.45, 2.75) is 5.92 Å². The van der Waals surface area contributed by atoms with Crippen molar-refractivity contribution < 1.29 is 13.9 Å². The predicted molar refractivity (Wildman–Crippen MR) is 69.8 cm³/mol. The van der Waals surface area contributed by atoms with Gasteiger partial charge in [0.1, 0.15) is 5.82 Å². The number of carbonyl (C=O) groups is 1. The Balaban J connectivity index is 2.35. The van der Waals surface area contributed by atoms with Crippen molar-refractivity contribution in [3.63, 3.8) is 0 Å². The second-order valence-corrected chi connectivity index (χ2v) is 5.48. The molecule has 3 nitrogen and oxygen atoms in total. The van der Waals surface area contributed by atoms with E-state index in [1.165, 1.54) is 19.2 Å². The van der Waals surface area contributed by atoms with Gasteiger partial charge in [0.05, 0.1) is 13.0 Å². The summed E-state index contributed by atoms with van der Waals surface area (Å²) in [5, 5.41) is 0. The van der Waals surface area contributed by atoms with E-state index in [2.05, 4.69) is 20.8 Å². The number of hydrogen-bond acceptors (Lipinski definition) is 3. The number of benzene rings is 1. The lowest BCUT2D eigenvalue weighted by atomic mass is 9.89. The molecule has 18 heavy (non-hydrogen) atoms. The van der Waals surface area contributed by atoms with Crippen LogP contribution in [0.25, 0.3) is 0 Å². The number of rotatable bonds is 2. The topological polar surface area (TPSA) is 29.5 Å². The molecule has 2 rings (SSSR count). The molecule has 0 bridgehead atoms. The van der Waals surface area contributed by atoms with Gasteiger partial charge >= 0.3 is 5.97 Å². The van der Waals surface area contributed by atoms with Gasteiger partial charge in [0.25, 0.3) is 0 Å². The average Bonchev–Trinajstić information content (AvgIpc) is 2.73. The fraction of sp³-hybridized carbons (Fsp3) is 0.462. The van der Waals surface area contributed by atoms with Crippen molar-refractivity contribution in [1.29, 1.82) is 0 Å². The molecule has 2 unspecified atom stereocenters. The first kappa shape index (κ1) is 13.5. The smallest absolute Gasteiger partial charge is 0.310 e. The van der Waals surface area contributed by atoms with Crippen LogP contribution in [0.3, 0.4) is 0 Å². The highest BCUT2D eigenvalue weighted by Crippen LogP contribution is 2.36. The Kier molecular flexibility index (Phi) is 4.02. The molecule has 1 aliphatic rings. The van der Waals surface area contributed by atoms with Gasteiger partial charge in [0.2, 0.25) is 0 Å². The molecule has 1 aromatic rings. The zero-order valence-electron chi connectivity index (χ0n) is 10.3. The van der Waals surface area contributed by atoms with Gasteiger partial charge in [-0.3, -0.25) is 4.79 Å². The van der Waals surface area contributed by atoms with Gasteiger partial charge in [-0.15, -0.1) is 0 Å². The van der Waals surface area contributed by atoms with Crippen molar-refractivity contribution in [3.8, 4) is 0 Å². The standard InChI is InChI=1S/C13H15BrFNO2/c1-16-6-10(11(7-16)13(17)18-2)9-5-8(15)3-4-12(9)14/h3-5,10-11H,6-7H2,1-2H3. The van der Waals surface area contributed by atoms with E-state index in [9.17, 15) is 9.18 Å². The molecule has 1 aliphatic heterocycles. The van der Waals surface area contributed by atoms with Gasteiger partial charge in [0, 0.05) is 23.5 Å². The highest BCUT2D eigenvalue weighted by molar-refractivity contribution is 9.10. The molecule has 1 fully saturated rings. The Morgan fingerprint density at radius 1 is 1.50 bits per heavy atom. The Bertz CT molecular complexity index is 466. The molecule has 0 spiro atoms. The minimum Gasteiger partial charge on any atom is -0.469 e. The van der Waals surface area contributed by atoms with Crippen LogP contribution >= 0.6 is 15.9 Å². The second-order valence-electron chi connectivity index (χ2n) is 4.62. The normalized spacial score (nSPS) is 24.2. The first-order valence-corrected chi connectivity index (χ1v) is 6.53. The molecule has 0 saturated carbocycles. The van der Waals surface area contributed by atoms with Crippen molar-refractivity contribution >= 4 is 21.9 Å². The number of ether oxygens (including phenoxy) is 1. The SMILES string of the molecule is COC(=O)C1CN(C)CC1c1cc(F)ccc1Br. The van der Waals surface area contributed by atoms with Crippen molar-refractivity contribution in [3.05, 3.63) is 34.1 Å². The monoisotopic (exact) mass is 315 g/mol. The molecular weight excluding hydrogens is 301 g/mol. The molecule has 0 aliphatic carbocycles. The summed E-state index contributed by atoms with van der Waals surface area (Å²) in [6, 6.07) is 4.57. The molecule has 0 aromatic heterocycles. The molecule has 0 amide bonds. The number of methoxy groups -OCH3 is 1. The number of halogens is 2. The Hall–Kier alpha value is -0.940. The van der Waals surface area contributed by atoms with Crippen LogP contribution in [0.2, 0.25) is 0 Å². The Morgan fingerprint density at radius 3 is 2.89 bits per heavy atom. The lowest BCUT2D eigenvalue weighted by molar-refractivity contribution is -0.145. The number of carbonyl (C=O) groups excluding carboxylic acids is 1. The van der Waals surface area contributed by atoms with Crippen LogP contribution in [0.1, 0.15) is 11.5 Å². The summed E-state index contributed by atoms with van der Waals surface area (Å²) in [6.45, 7) is 1.36. The van der Waals surface area contributed by atoms with E-state index in [0.29, 0.717) is 6.54 Å². The molecule has 5 heteroatoms. The van der Waals surface area contributed by atoms with Gasteiger partial charge in [0.15, 0.2) is 0 Å². The van der Waals surface area contributed by atoms with Gasteiger partial charge in [-0.2, -0.15) is 0 Å². The third-order valence-electron chi connectivity index (χ3n) is 3.36. The first-order valence-electron chi connectivity index (χ1n) is 5.74. The molecular formula is C13H15BrFNO2. The molecule has 0 N–H and O–H groups in total.